The minimum Gasteiger partial charge on any atom is -0.305 e. The van der Waals surface area contributed by atoms with Gasteiger partial charge in [0.1, 0.15) is 0 Å². The van der Waals surface area contributed by atoms with Crippen LogP contribution in [0.5, 0.6) is 0 Å². The third-order valence-electron chi connectivity index (χ3n) is 1.65. The summed E-state index contributed by atoms with van der Waals surface area (Å²) in [5.74, 6) is 0. The number of unbranched alkanes of at least 4 members (excludes halogenated alkanes) is 1. The van der Waals surface area contributed by atoms with Crippen LogP contribution in [-0.2, 0) is 0 Å². The van der Waals surface area contributed by atoms with E-state index in [2.05, 4.69) is 24.5 Å². The van der Waals surface area contributed by atoms with Crippen molar-refractivity contribution in [2.45, 2.75) is 39.3 Å². The molecular formula is C8H20N2. The second kappa shape index (κ2) is 7.03. The second-order valence-electron chi connectivity index (χ2n) is 2.54. The molecular weight excluding hydrogens is 124 g/mol. The van der Waals surface area contributed by atoms with Crippen LogP contribution in [0.1, 0.15) is 33.1 Å². The third-order valence-corrected chi connectivity index (χ3v) is 1.65. The highest BCUT2D eigenvalue weighted by atomic mass is 15.1. The minimum absolute atomic E-state index is 0.518. The summed E-state index contributed by atoms with van der Waals surface area (Å²) in [6, 6.07) is 0. The van der Waals surface area contributed by atoms with E-state index in [0.29, 0.717) is 6.17 Å². The maximum absolute atomic E-state index is 3.36. The van der Waals surface area contributed by atoms with Gasteiger partial charge in [0.25, 0.3) is 0 Å². The van der Waals surface area contributed by atoms with Gasteiger partial charge in [0.05, 0.1) is 6.17 Å². The van der Waals surface area contributed by atoms with E-state index in [4.69, 9.17) is 0 Å². The van der Waals surface area contributed by atoms with Gasteiger partial charge in [0.2, 0.25) is 0 Å². The molecule has 0 rings (SSSR count). The van der Waals surface area contributed by atoms with Crippen molar-refractivity contribution in [2.75, 3.05) is 13.6 Å². The fraction of sp³-hybridized carbons (Fsp3) is 1.00. The molecule has 0 aromatic heterocycles. The molecule has 2 nitrogen and oxygen atoms in total. The average molecular weight is 144 g/mol. The molecule has 1 unspecified atom stereocenters. The molecule has 62 valence electrons. The molecule has 0 radical (unpaired) electrons. The molecule has 0 saturated carbocycles. The summed E-state index contributed by atoms with van der Waals surface area (Å²) in [5, 5.41) is 6.58. The molecule has 0 aromatic carbocycles. The van der Waals surface area contributed by atoms with Crippen molar-refractivity contribution in [1.82, 2.24) is 10.6 Å². The van der Waals surface area contributed by atoms with Crippen LogP contribution in [-0.4, -0.2) is 19.8 Å². The van der Waals surface area contributed by atoms with E-state index >= 15 is 0 Å². The van der Waals surface area contributed by atoms with Crippen LogP contribution in [0.3, 0.4) is 0 Å². The number of nitrogens with one attached hydrogen (secondary N) is 2. The molecule has 0 aliphatic rings. The van der Waals surface area contributed by atoms with Crippen LogP contribution >= 0.6 is 0 Å². The highest BCUT2D eigenvalue weighted by Crippen LogP contribution is 1.96. The van der Waals surface area contributed by atoms with Crippen LogP contribution < -0.4 is 10.6 Å². The van der Waals surface area contributed by atoms with E-state index in [1.54, 1.807) is 0 Å². The van der Waals surface area contributed by atoms with Crippen LogP contribution in [0.15, 0.2) is 0 Å². The molecule has 2 heteroatoms. The van der Waals surface area contributed by atoms with Gasteiger partial charge in [0.15, 0.2) is 0 Å². The lowest BCUT2D eigenvalue weighted by Gasteiger charge is -2.15. The summed E-state index contributed by atoms with van der Waals surface area (Å²) >= 11 is 0. The van der Waals surface area contributed by atoms with Gasteiger partial charge in [-0.1, -0.05) is 26.7 Å². The monoisotopic (exact) mass is 144 g/mol. The van der Waals surface area contributed by atoms with Crippen LogP contribution in [0, 0.1) is 0 Å². The molecule has 0 saturated heterocycles. The molecule has 0 heterocycles. The Bertz CT molecular complexity index is 64.3. The predicted octanol–water partition coefficient (Wildman–Crippen LogP) is 1.33. The van der Waals surface area contributed by atoms with E-state index < -0.39 is 0 Å². The van der Waals surface area contributed by atoms with Crippen LogP contribution in [0.25, 0.3) is 0 Å². The summed E-state index contributed by atoms with van der Waals surface area (Å²) in [6.45, 7) is 5.41. The first-order valence-electron chi connectivity index (χ1n) is 4.25. The van der Waals surface area contributed by atoms with E-state index in [1.807, 2.05) is 7.05 Å². The van der Waals surface area contributed by atoms with Crippen LogP contribution in [0.2, 0.25) is 0 Å². The number of hydrogen-bond donors (Lipinski definition) is 2. The van der Waals surface area contributed by atoms with Gasteiger partial charge in [-0.25, -0.2) is 0 Å². The first kappa shape index (κ1) is 9.92. The van der Waals surface area contributed by atoms with Gasteiger partial charge in [0, 0.05) is 0 Å². The van der Waals surface area contributed by atoms with Gasteiger partial charge in [-0.05, 0) is 20.0 Å². The Kier molecular flexibility index (Phi) is 6.98. The molecule has 0 aromatic rings. The van der Waals surface area contributed by atoms with Gasteiger partial charge < -0.3 is 10.6 Å². The Labute approximate surface area is 64.4 Å². The van der Waals surface area contributed by atoms with E-state index in [9.17, 15) is 0 Å². The fourth-order valence-electron chi connectivity index (χ4n) is 1.00. The highest BCUT2D eigenvalue weighted by molar-refractivity contribution is 4.59. The Morgan fingerprint density at radius 2 is 2.00 bits per heavy atom. The first-order valence-corrected chi connectivity index (χ1v) is 4.25. The summed E-state index contributed by atoms with van der Waals surface area (Å²) in [4.78, 5) is 0. The van der Waals surface area contributed by atoms with Crippen molar-refractivity contribution < 1.29 is 0 Å². The largest absolute Gasteiger partial charge is 0.305 e. The summed E-state index contributed by atoms with van der Waals surface area (Å²) in [6.07, 6.45) is 4.34. The molecule has 0 bridgehead atoms. The van der Waals surface area contributed by atoms with E-state index in [1.165, 1.54) is 19.3 Å². The molecule has 0 aliphatic heterocycles. The van der Waals surface area contributed by atoms with Crippen molar-refractivity contribution >= 4 is 0 Å². The average Bonchev–Trinajstić information content (AvgIpc) is 1.98. The first-order chi connectivity index (χ1) is 4.85. The summed E-state index contributed by atoms with van der Waals surface area (Å²) in [5.41, 5.74) is 0. The Morgan fingerprint density at radius 3 is 2.40 bits per heavy atom. The normalized spacial score (nSPS) is 13.5. The molecule has 0 amide bonds. The zero-order valence-electron chi connectivity index (χ0n) is 7.41. The fourth-order valence-corrected chi connectivity index (χ4v) is 1.00. The Morgan fingerprint density at radius 1 is 1.30 bits per heavy atom. The quantitative estimate of drug-likeness (QED) is 0.550. The van der Waals surface area contributed by atoms with E-state index in [-0.39, 0.29) is 0 Å². The van der Waals surface area contributed by atoms with Crippen molar-refractivity contribution in [2.24, 2.45) is 0 Å². The Hall–Kier alpha value is -0.0800. The van der Waals surface area contributed by atoms with Crippen molar-refractivity contribution in [3.05, 3.63) is 0 Å². The molecule has 0 aliphatic carbocycles. The molecule has 0 fully saturated rings. The maximum Gasteiger partial charge on any atom is 0.0569 e. The van der Waals surface area contributed by atoms with Gasteiger partial charge in [-0.15, -0.1) is 0 Å². The summed E-state index contributed by atoms with van der Waals surface area (Å²) in [7, 11) is 2.00. The molecule has 0 spiro atoms. The van der Waals surface area contributed by atoms with E-state index in [0.717, 1.165) is 6.54 Å². The van der Waals surface area contributed by atoms with Crippen LogP contribution in [0.4, 0.5) is 0 Å². The van der Waals surface area contributed by atoms with Crippen molar-refractivity contribution in [3.63, 3.8) is 0 Å². The lowest BCUT2D eigenvalue weighted by Crippen LogP contribution is -2.39. The lowest BCUT2D eigenvalue weighted by atomic mass is 10.2. The highest BCUT2D eigenvalue weighted by Gasteiger charge is 2.00. The standard InChI is InChI=1S/C8H20N2/c1-4-6-7-8(9-3)10-5-2/h8-10H,4-7H2,1-3H3. The molecule has 10 heavy (non-hydrogen) atoms. The van der Waals surface area contributed by atoms with Gasteiger partial charge in [-0.2, -0.15) is 0 Å². The van der Waals surface area contributed by atoms with Crippen molar-refractivity contribution in [1.29, 1.82) is 0 Å². The Balaban J connectivity index is 3.21. The number of hydrogen-bond acceptors (Lipinski definition) is 2. The smallest absolute Gasteiger partial charge is 0.0569 e. The molecule has 2 N–H and O–H groups in total. The summed E-state index contributed by atoms with van der Waals surface area (Å²) < 4.78 is 0. The SMILES string of the molecule is CCCCC(NC)NCC. The minimum atomic E-state index is 0.518. The zero-order chi connectivity index (χ0) is 7.82. The maximum atomic E-state index is 3.36. The third kappa shape index (κ3) is 4.77. The predicted molar refractivity (Wildman–Crippen MR) is 46.0 cm³/mol. The lowest BCUT2D eigenvalue weighted by molar-refractivity contribution is 0.426. The topological polar surface area (TPSA) is 24.1 Å². The van der Waals surface area contributed by atoms with Gasteiger partial charge >= 0.3 is 0 Å². The van der Waals surface area contributed by atoms with Gasteiger partial charge in [-0.3, -0.25) is 0 Å². The molecule has 1 atom stereocenters. The van der Waals surface area contributed by atoms with Crippen molar-refractivity contribution in [3.8, 4) is 0 Å². The zero-order valence-corrected chi connectivity index (χ0v) is 7.41. The second-order valence-corrected chi connectivity index (χ2v) is 2.54. The number of rotatable bonds is 6.